The molecule has 0 aliphatic rings. The Bertz CT molecular complexity index is 314. The molecule has 2 atom stereocenters. The van der Waals surface area contributed by atoms with E-state index < -0.39 is 6.04 Å². The van der Waals surface area contributed by atoms with Crippen LogP contribution in [0.4, 0.5) is 5.82 Å². The van der Waals surface area contributed by atoms with E-state index in [1.165, 1.54) is 0 Å². The summed E-state index contributed by atoms with van der Waals surface area (Å²) < 4.78 is 0. The standard InChI is InChI=1S/C10H16N4O/c1-3-7(2)9(11)10(15)13-8-5-4-6-12-14-8/h4-7,9H,3,11H2,1-2H3,(H,13,14,15)/t7?,9-/m0/s1. The van der Waals surface area contributed by atoms with E-state index in [1.807, 2.05) is 13.8 Å². The van der Waals surface area contributed by atoms with Gasteiger partial charge in [0, 0.05) is 6.20 Å². The van der Waals surface area contributed by atoms with Gasteiger partial charge in [-0.2, -0.15) is 5.10 Å². The van der Waals surface area contributed by atoms with Crippen LogP contribution in [-0.2, 0) is 4.79 Å². The Morgan fingerprint density at radius 2 is 2.40 bits per heavy atom. The summed E-state index contributed by atoms with van der Waals surface area (Å²) in [7, 11) is 0. The van der Waals surface area contributed by atoms with E-state index in [9.17, 15) is 4.79 Å². The molecular weight excluding hydrogens is 192 g/mol. The normalized spacial score (nSPS) is 14.3. The number of rotatable bonds is 4. The van der Waals surface area contributed by atoms with E-state index in [4.69, 9.17) is 5.73 Å². The Labute approximate surface area is 89.1 Å². The Hall–Kier alpha value is -1.49. The first-order chi connectivity index (χ1) is 7.15. The topological polar surface area (TPSA) is 80.9 Å². The fourth-order valence-corrected chi connectivity index (χ4v) is 1.09. The van der Waals surface area contributed by atoms with Gasteiger partial charge in [0.2, 0.25) is 5.91 Å². The largest absolute Gasteiger partial charge is 0.320 e. The van der Waals surface area contributed by atoms with Crippen molar-refractivity contribution in [1.29, 1.82) is 0 Å². The number of carbonyl (C=O) groups excluding carboxylic acids is 1. The van der Waals surface area contributed by atoms with Crippen LogP contribution in [0.3, 0.4) is 0 Å². The fraction of sp³-hybridized carbons (Fsp3) is 0.500. The maximum absolute atomic E-state index is 11.6. The monoisotopic (exact) mass is 208 g/mol. The second-order valence-electron chi connectivity index (χ2n) is 3.51. The molecule has 0 radical (unpaired) electrons. The molecular formula is C10H16N4O. The highest BCUT2D eigenvalue weighted by atomic mass is 16.2. The number of anilines is 1. The molecule has 5 nitrogen and oxygen atoms in total. The summed E-state index contributed by atoms with van der Waals surface area (Å²) in [5, 5.41) is 10.0. The average molecular weight is 208 g/mol. The van der Waals surface area contributed by atoms with Gasteiger partial charge in [-0.3, -0.25) is 4.79 Å². The van der Waals surface area contributed by atoms with E-state index in [0.717, 1.165) is 6.42 Å². The number of nitrogens with two attached hydrogens (primary N) is 1. The number of hydrogen-bond acceptors (Lipinski definition) is 4. The minimum absolute atomic E-state index is 0.154. The molecule has 1 unspecified atom stereocenters. The van der Waals surface area contributed by atoms with E-state index in [1.54, 1.807) is 18.3 Å². The number of aromatic nitrogens is 2. The molecule has 0 bridgehead atoms. The predicted molar refractivity (Wildman–Crippen MR) is 58.1 cm³/mol. The van der Waals surface area contributed by atoms with Crippen LogP contribution in [0.1, 0.15) is 20.3 Å². The zero-order valence-corrected chi connectivity index (χ0v) is 8.97. The van der Waals surface area contributed by atoms with Crippen molar-refractivity contribution in [2.45, 2.75) is 26.3 Å². The lowest BCUT2D eigenvalue weighted by Crippen LogP contribution is -2.40. The molecule has 1 heterocycles. The van der Waals surface area contributed by atoms with E-state index >= 15 is 0 Å². The first-order valence-corrected chi connectivity index (χ1v) is 4.99. The summed E-state index contributed by atoms with van der Waals surface area (Å²) in [4.78, 5) is 11.6. The maximum atomic E-state index is 11.6. The van der Waals surface area contributed by atoms with Crippen molar-refractivity contribution in [2.75, 3.05) is 5.32 Å². The lowest BCUT2D eigenvalue weighted by atomic mass is 9.99. The molecule has 0 aliphatic heterocycles. The van der Waals surface area contributed by atoms with Crippen LogP contribution in [0.2, 0.25) is 0 Å². The van der Waals surface area contributed by atoms with Crippen molar-refractivity contribution in [1.82, 2.24) is 10.2 Å². The van der Waals surface area contributed by atoms with Crippen molar-refractivity contribution in [2.24, 2.45) is 11.7 Å². The Morgan fingerprint density at radius 1 is 1.67 bits per heavy atom. The van der Waals surface area contributed by atoms with Gasteiger partial charge in [0.15, 0.2) is 5.82 Å². The van der Waals surface area contributed by atoms with Crippen molar-refractivity contribution in [3.63, 3.8) is 0 Å². The molecule has 0 saturated heterocycles. The van der Waals surface area contributed by atoms with Gasteiger partial charge < -0.3 is 11.1 Å². The van der Waals surface area contributed by atoms with Gasteiger partial charge in [-0.05, 0) is 18.1 Å². The molecule has 0 aromatic carbocycles. The molecule has 0 saturated carbocycles. The van der Waals surface area contributed by atoms with Crippen LogP contribution >= 0.6 is 0 Å². The second-order valence-corrected chi connectivity index (χ2v) is 3.51. The molecule has 1 aromatic rings. The quantitative estimate of drug-likeness (QED) is 0.766. The number of carbonyl (C=O) groups is 1. The maximum Gasteiger partial charge on any atom is 0.242 e. The molecule has 0 spiro atoms. The summed E-state index contributed by atoms with van der Waals surface area (Å²) in [5.41, 5.74) is 5.76. The van der Waals surface area contributed by atoms with E-state index in [2.05, 4.69) is 15.5 Å². The van der Waals surface area contributed by atoms with E-state index in [0.29, 0.717) is 5.82 Å². The second kappa shape index (κ2) is 5.41. The summed E-state index contributed by atoms with van der Waals surface area (Å²) in [6, 6.07) is 2.88. The summed E-state index contributed by atoms with van der Waals surface area (Å²) in [5.74, 6) is 0.368. The Balaban J connectivity index is 2.56. The predicted octanol–water partition coefficient (Wildman–Crippen LogP) is 0.788. The van der Waals surface area contributed by atoms with E-state index in [-0.39, 0.29) is 11.8 Å². The van der Waals surface area contributed by atoms with Crippen LogP contribution in [0, 0.1) is 5.92 Å². The molecule has 0 aliphatic carbocycles. The zero-order chi connectivity index (χ0) is 11.3. The van der Waals surface area contributed by atoms with Gasteiger partial charge in [-0.15, -0.1) is 5.10 Å². The smallest absolute Gasteiger partial charge is 0.242 e. The minimum atomic E-state index is -0.503. The highest BCUT2D eigenvalue weighted by Crippen LogP contribution is 2.07. The van der Waals surface area contributed by atoms with Crippen molar-refractivity contribution in [3.05, 3.63) is 18.3 Å². The Morgan fingerprint density at radius 3 is 2.93 bits per heavy atom. The van der Waals surface area contributed by atoms with Crippen molar-refractivity contribution < 1.29 is 4.79 Å². The zero-order valence-electron chi connectivity index (χ0n) is 8.97. The molecule has 3 N–H and O–H groups in total. The molecule has 0 fully saturated rings. The lowest BCUT2D eigenvalue weighted by molar-refractivity contribution is -0.118. The SMILES string of the molecule is CCC(C)[C@H](N)C(=O)Nc1cccnn1. The highest BCUT2D eigenvalue weighted by molar-refractivity contribution is 5.93. The highest BCUT2D eigenvalue weighted by Gasteiger charge is 2.19. The van der Waals surface area contributed by atoms with Crippen LogP contribution in [0.15, 0.2) is 18.3 Å². The number of nitrogens with one attached hydrogen (secondary N) is 1. The molecule has 1 rings (SSSR count). The van der Waals surface area contributed by atoms with Gasteiger partial charge >= 0.3 is 0 Å². The van der Waals surface area contributed by atoms with Gasteiger partial charge in [0.05, 0.1) is 6.04 Å². The average Bonchev–Trinajstić information content (AvgIpc) is 2.28. The first kappa shape index (κ1) is 11.6. The molecule has 5 heteroatoms. The van der Waals surface area contributed by atoms with Gasteiger partial charge in [0.25, 0.3) is 0 Å². The molecule has 1 aromatic heterocycles. The van der Waals surface area contributed by atoms with Gasteiger partial charge in [-0.25, -0.2) is 0 Å². The molecule has 1 amide bonds. The van der Waals surface area contributed by atoms with Crippen molar-refractivity contribution >= 4 is 11.7 Å². The van der Waals surface area contributed by atoms with Crippen LogP contribution in [0.5, 0.6) is 0 Å². The number of nitrogens with zero attached hydrogens (tertiary/aromatic N) is 2. The third kappa shape index (κ3) is 3.28. The van der Waals surface area contributed by atoms with Crippen LogP contribution < -0.4 is 11.1 Å². The van der Waals surface area contributed by atoms with Gasteiger partial charge in [-0.1, -0.05) is 20.3 Å². The third-order valence-corrected chi connectivity index (χ3v) is 2.38. The first-order valence-electron chi connectivity index (χ1n) is 4.99. The summed E-state index contributed by atoms with van der Waals surface area (Å²) >= 11 is 0. The van der Waals surface area contributed by atoms with Crippen LogP contribution in [-0.4, -0.2) is 22.1 Å². The third-order valence-electron chi connectivity index (χ3n) is 2.38. The van der Waals surface area contributed by atoms with Crippen molar-refractivity contribution in [3.8, 4) is 0 Å². The Kier molecular flexibility index (Phi) is 4.17. The number of hydrogen-bond donors (Lipinski definition) is 2. The van der Waals surface area contributed by atoms with Crippen LogP contribution in [0.25, 0.3) is 0 Å². The molecule has 82 valence electrons. The number of amides is 1. The summed E-state index contributed by atoms with van der Waals surface area (Å²) in [6.45, 7) is 3.95. The summed E-state index contributed by atoms with van der Waals surface area (Å²) in [6.07, 6.45) is 2.42. The molecule has 15 heavy (non-hydrogen) atoms. The lowest BCUT2D eigenvalue weighted by Gasteiger charge is -2.16. The fourth-order valence-electron chi connectivity index (χ4n) is 1.09. The van der Waals surface area contributed by atoms with Gasteiger partial charge in [0.1, 0.15) is 0 Å². The minimum Gasteiger partial charge on any atom is -0.320 e.